The van der Waals surface area contributed by atoms with E-state index in [0.717, 1.165) is 32.2 Å². The van der Waals surface area contributed by atoms with Crippen LogP contribution in [0, 0.1) is 5.92 Å². The second kappa shape index (κ2) is 12.4. The van der Waals surface area contributed by atoms with E-state index in [4.69, 9.17) is 25.4 Å². The summed E-state index contributed by atoms with van der Waals surface area (Å²) >= 11 is 0. The zero-order valence-corrected chi connectivity index (χ0v) is 13.7. The van der Waals surface area contributed by atoms with Crippen molar-refractivity contribution in [3.8, 4) is 0 Å². The molecule has 1 aliphatic rings. The lowest BCUT2D eigenvalue weighted by atomic mass is 9.83. The molecule has 0 aromatic rings. The number of piperidine rings is 1. The van der Waals surface area contributed by atoms with Crippen LogP contribution in [0.4, 0.5) is 13.2 Å². The summed E-state index contributed by atoms with van der Waals surface area (Å²) in [7, 11) is -1.25. The van der Waals surface area contributed by atoms with Gasteiger partial charge in [-0.15, -0.1) is 0 Å². The van der Waals surface area contributed by atoms with Gasteiger partial charge < -0.3 is 20.7 Å². The molecular formula is C14H26BF3N2O4. The van der Waals surface area contributed by atoms with Crippen molar-refractivity contribution in [1.29, 1.82) is 0 Å². The van der Waals surface area contributed by atoms with E-state index in [1.54, 1.807) is 0 Å². The monoisotopic (exact) mass is 354 g/mol. The van der Waals surface area contributed by atoms with E-state index in [1.807, 2.05) is 0 Å². The second-order valence-electron chi connectivity index (χ2n) is 6.05. The van der Waals surface area contributed by atoms with Crippen LogP contribution < -0.4 is 5.73 Å². The summed E-state index contributed by atoms with van der Waals surface area (Å²) in [6.45, 7) is 1.73. The number of alkyl halides is 3. The third-order valence-electron chi connectivity index (χ3n) is 4.15. The van der Waals surface area contributed by atoms with Crippen LogP contribution in [0.5, 0.6) is 0 Å². The maximum Gasteiger partial charge on any atom is 0.451 e. The molecule has 0 aliphatic carbocycles. The molecule has 0 radical (unpaired) electrons. The summed E-state index contributed by atoms with van der Waals surface area (Å²) in [5, 5.41) is 17.4. The number of nitrogens with zero attached hydrogens (tertiary/aromatic N) is 1. The Bertz CT molecular complexity index is 358. The van der Waals surface area contributed by atoms with E-state index in [1.165, 1.54) is 0 Å². The van der Waals surface area contributed by atoms with E-state index in [-0.39, 0.29) is 25.0 Å². The van der Waals surface area contributed by atoms with Gasteiger partial charge in [-0.25, -0.2) is 0 Å². The third-order valence-corrected chi connectivity index (χ3v) is 4.15. The normalized spacial score (nSPS) is 17.6. The molecule has 140 valence electrons. The molecule has 0 bridgehead atoms. The van der Waals surface area contributed by atoms with Gasteiger partial charge in [0.05, 0.1) is 5.92 Å². The van der Waals surface area contributed by atoms with Crippen molar-refractivity contribution in [2.24, 2.45) is 11.7 Å². The van der Waals surface area contributed by atoms with Gasteiger partial charge in [-0.3, -0.25) is 0 Å². The Morgan fingerprint density at radius 2 is 1.71 bits per heavy atom. The topological polar surface area (TPSA) is 104 Å². The molecule has 4 N–H and O–H groups in total. The predicted octanol–water partition coefficient (Wildman–Crippen LogP) is 1.04. The predicted molar refractivity (Wildman–Crippen MR) is 81.7 cm³/mol. The number of halogens is 3. The average molecular weight is 354 g/mol. The lowest BCUT2D eigenvalue weighted by Gasteiger charge is -2.33. The van der Waals surface area contributed by atoms with Crippen LogP contribution in [0.2, 0.25) is 6.32 Å². The van der Waals surface area contributed by atoms with Crippen LogP contribution in [-0.4, -0.2) is 60.1 Å². The van der Waals surface area contributed by atoms with Crippen molar-refractivity contribution in [2.45, 2.75) is 57.1 Å². The van der Waals surface area contributed by atoms with Crippen molar-refractivity contribution in [1.82, 2.24) is 4.90 Å². The summed E-state index contributed by atoms with van der Waals surface area (Å²) in [5.74, 6) is -1.15. The first-order chi connectivity index (χ1) is 11.2. The van der Waals surface area contributed by atoms with Crippen molar-refractivity contribution < 1.29 is 32.8 Å². The summed E-state index contributed by atoms with van der Waals surface area (Å²) in [6, 6.07) is 0.0289. The number of rotatable bonds is 8. The zero-order valence-electron chi connectivity index (χ0n) is 13.7. The Morgan fingerprint density at radius 1 is 1.17 bits per heavy atom. The van der Waals surface area contributed by atoms with Crippen LogP contribution in [0.1, 0.15) is 38.5 Å². The van der Waals surface area contributed by atoms with Crippen LogP contribution in [-0.2, 0) is 9.59 Å². The van der Waals surface area contributed by atoms with Crippen molar-refractivity contribution in [3.63, 3.8) is 0 Å². The first kappa shape index (κ1) is 23.1. The summed E-state index contributed by atoms with van der Waals surface area (Å²) < 4.78 is 37.6. The second-order valence-corrected chi connectivity index (χ2v) is 6.05. The number of unbranched alkanes of at least 4 members (excludes halogenated alkanes) is 1. The molecule has 1 unspecified atom stereocenters. The van der Waals surface area contributed by atoms with Gasteiger partial charge in [-0.2, -0.15) is 22.8 Å². The molecule has 0 saturated carbocycles. The van der Waals surface area contributed by atoms with Crippen LogP contribution in [0.15, 0.2) is 0 Å². The summed E-state index contributed by atoms with van der Waals surface area (Å²) in [6.07, 6.45) is 0.0824. The molecule has 0 aromatic carbocycles. The fourth-order valence-corrected chi connectivity index (χ4v) is 2.71. The number of hydrogen-bond donors (Lipinski definition) is 3. The largest absolute Gasteiger partial charge is 0.451 e. The Balaban J connectivity index is 0.00000163. The molecule has 1 atom stereocenters. The Hall–Kier alpha value is -0.925. The van der Waals surface area contributed by atoms with E-state index in [9.17, 15) is 13.2 Å². The van der Waals surface area contributed by atoms with Gasteiger partial charge in [-0.1, -0.05) is 12.8 Å². The number of likely N-dealkylation sites (tertiary alicyclic amines) is 1. The Labute approximate surface area is 140 Å². The fraction of sp³-hybridized carbons (Fsp3) is 0.929. The van der Waals surface area contributed by atoms with Gasteiger partial charge in [0, 0.05) is 6.04 Å². The smallest absolute Gasteiger partial charge is 0.427 e. The molecule has 1 fully saturated rings. The van der Waals surface area contributed by atoms with Gasteiger partial charge in [0.25, 0.3) is 0 Å². The fourth-order valence-electron chi connectivity index (χ4n) is 2.71. The highest BCUT2D eigenvalue weighted by Crippen LogP contribution is 2.34. The van der Waals surface area contributed by atoms with E-state index in [2.05, 4.69) is 4.90 Å². The molecule has 1 heterocycles. The van der Waals surface area contributed by atoms with Gasteiger partial charge in [0.1, 0.15) is 0 Å². The maximum atomic E-state index is 12.5. The number of nitrogens with two attached hydrogens (primary N) is 1. The number of carbonyl (C=O) groups excluding carboxylic acids is 2. The molecule has 24 heavy (non-hydrogen) atoms. The zero-order chi connectivity index (χ0) is 18.6. The molecule has 1 saturated heterocycles. The van der Waals surface area contributed by atoms with Gasteiger partial charge >= 0.3 is 19.4 Å². The van der Waals surface area contributed by atoms with E-state index >= 15 is 0 Å². The Kier molecular flexibility index (Phi) is 12.0. The molecule has 1 aliphatic heterocycles. The lowest BCUT2D eigenvalue weighted by molar-refractivity contribution is -0.192. The third kappa shape index (κ3) is 11.6. The van der Waals surface area contributed by atoms with Crippen LogP contribution in [0.25, 0.3) is 0 Å². The molecular weight excluding hydrogens is 328 g/mol. The quantitative estimate of drug-likeness (QED) is 0.445. The van der Waals surface area contributed by atoms with E-state index in [0.29, 0.717) is 19.4 Å². The van der Waals surface area contributed by atoms with Crippen molar-refractivity contribution >= 4 is 13.3 Å². The van der Waals surface area contributed by atoms with Gasteiger partial charge in [-0.05, 0) is 51.6 Å². The molecule has 0 aromatic heterocycles. The molecule has 10 heteroatoms. The first-order valence-corrected chi connectivity index (χ1v) is 8.10. The number of hydrogen-bond acceptors (Lipinski definition) is 6. The van der Waals surface area contributed by atoms with Crippen molar-refractivity contribution in [3.05, 3.63) is 0 Å². The highest BCUT2D eigenvalue weighted by Gasteiger charge is 2.40. The standard InChI is InChI=1S/C13H26BF3N2O2.CO2/c15-13(16,17)11-4-8-19(9-5-11)10-6-12(18)3-1-2-7-14(20)21;2-1-3/h11-12,20-21H,1-10,18H2;. The van der Waals surface area contributed by atoms with Gasteiger partial charge in [0.2, 0.25) is 0 Å². The van der Waals surface area contributed by atoms with Crippen molar-refractivity contribution in [2.75, 3.05) is 19.6 Å². The first-order valence-electron chi connectivity index (χ1n) is 8.10. The molecule has 0 spiro atoms. The molecule has 1 rings (SSSR count). The highest BCUT2D eigenvalue weighted by atomic mass is 19.4. The minimum absolute atomic E-state index is 0.0289. The highest BCUT2D eigenvalue weighted by molar-refractivity contribution is 6.40. The average Bonchev–Trinajstić information content (AvgIpc) is 2.50. The summed E-state index contributed by atoms with van der Waals surface area (Å²) in [5.41, 5.74) is 5.97. The maximum absolute atomic E-state index is 12.5. The van der Waals surface area contributed by atoms with E-state index < -0.39 is 19.2 Å². The molecule has 0 amide bonds. The summed E-state index contributed by atoms with van der Waals surface area (Å²) in [4.78, 5) is 18.3. The molecule has 6 nitrogen and oxygen atoms in total. The Morgan fingerprint density at radius 3 is 2.17 bits per heavy atom. The minimum Gasteiger partial charge on any atom is -0.427 e. The van der Waals surface area contributed by atoms with Crippen LogP contribution in [0.3, 0.4) is 0 Å². The SMILES string of the molecule is NC(CCCCB(O)O)CCN1CCC(C(F)(F)F)CC1.O=C=O. The minimum atomic E-state index is -4.06. The lowest BCUT2D eigenvalue weighted by Crippen LogP contribution is -2.40. The van der Waals surface area contributed by atoms with Gasteiger partial charge in [0.15, 0.2) is 0 Å². The van der Waals surface area contributed by atoms with Crippen LogP contribution >= 0.6 is 0 Å².